The number of benzene rings is 2. The van der Waals surface area contributed by atoms with Crippen LogP contribution in [0.5, 0.6) is 0 Å². The van der Waals surface area contributed by atoms with Crippen molar-refractivity contribution in [1.82, 2.24) is 20.7 Å². The van der Waals surface area contributed by atoms with Gasteiger partial charge in [-0.1, -0.05) is 60.7 Å². The average Bonchev–Trinajstić information content (AvgIpc) is 2.83. The van der Waals surface area contributed by atoms with Crippen molar-refractivity contribution in [3.8, 4) is 0 Å². The molecule has 0 atom stereocenters. The maximum Gasteiger partial charge on any atom is 0.245 e. The summed E-state index contributed by atoms with van der Waals surface area (Å²) in [5.41, 5.74) is 6.37. The fourth-order valence-electron chi connectivity index (χ4n) is 4.40. The minimum Gasteiger partial charge on any atom is -0.353 e. The Bertz CT molecular complexity index is 921. The molecule has 2 N–H and O–H groups in total. The van der Waals surface area contributed by atoms with Crippen molar-refractivity contribution >= 4 is 17.5 Å². The SMILES string of the molecule is O=C(CN1NC(c2ccccc2)=CCC1=O)NCCN1CCC(Cc2ccccc2)CC1. The molecule has 2 aromatic rings. The first kappa shape index (κ1) is 22.1. The fraction of sp³-hybridized carbons (Fsp3) is 0.385. The molecule has 6 nitrogen and oxygen atoms in total. The van der Waals surface area contributed by atoms with Crippen molar-refractivity contribution in [2.45, 2.75) is 25.7 Å². The van der Waals surface area contributed by atoms with Crippen LogP contribution in [0.15, 0.2) is 66.7 Å². The number of piperidine rings is 1. The maximum absolute atomic E-state index is 12.4. The molecule has 32 heavy (non-hydrogen) atoms. The molecule has 2 aromatic carbocycles. The van der Waals surface area contributed by atoms with Crippen LogP contribution in [0.1, 0.15) is 30.4 Å². The molecule has 0 bridgehead atoms. The van der Waals surface area contributed by atoms with Gasteiger partial charge in [-0.15, -0.1) is 0 Å². The Morgan fingerprint density at radius 3 is 2.41 bits per heavy atom. The van der Waals surface area contributed by atoms with Crippen molar-refractivity contribution in [2.24, 2.45) is 5.92 Å². The van der Waals surface area contributed by atoms with Gasteiger partial charge in [0, 0.05) is 19.5 Å². The average molecular weight is 433 g/mol. The number of rotatable bonds is 8. The summed E-state index contributed by atoms with van der Waals surface area (Å²) in [7, 11) is 0. The van der Waals surface area contributed by atoms with E-state index in [1.807, 2.05) is 36.4 Å². The normalized spacial score (nSPS) is 17.6. The number of nitrogens with one attached hydrogen (secondary N) is 2. The zero-order chi connectivity index (χ0) is 22.2. The number of hydrazine groups is 1. The number of amides is 2. The highest BCUT2D eigenvalue weighted by Gasteiger charge is 2.23. The molecule has 1 saturated heterocycles. The smallest absolute Gasteiger partial charge is 0.245 e. The van der Waals surface area contributed by atoms with Crippen molar-refractivity contribution in [3.05, 3.63) is 77.9 Å². The van der Waals surface area contributed by atoms with Crippen LogP contribution < -0.4 is 10.7 Å². The Morgan fingerprint density at radius 1 is 1.00 bits per heavy atom. The van der Waals surface area contributed by atoms with Gasteiger partial charge in [0.25, 0.3) is 0 Å². The molecule has 2 heterocycles. The number of carbonyl (C=O) groups excluding carboxylic acids is 2. The molecule has 168 valence electrons. The van der Waals surface area contributed by atoms with E-state index in [4.69, 9.17) is 0 Å². The van der Waals surface area contributed by atoms with Gasteiger partial charge >= 0.3 is 0 Å². The van der Waals surface area contributed by atoms with Gasteiger partial charge in [-0.05, 0) is 55.5 Å². The first-order chi connectivity index (χ1) is 15.7. The highest BCUT2D eigenvalue weighted by atomic mass is 16.2. The largest absolute Gasteiger partial charge is 0.353 e. The van der Waals surface area contributed by atoms with Crippen molar-refractivity contribution in [1.29, 1.82) is 0 Å². The van der Waals surface area contributed by atoms with E-state index < -0.39 is 0 Å². The number of likely N-dealkylation sites (tertiary alicyclic amines) is 1. The number of nitrogens with zero attached hydrogens (tertiary/aromatic N) is 2. The summed E-state index contributed by atoms with van der Waals surface area (Å²) < 4.78 is 0. The summed E-state index contributed by atoms with van der Waals surface area (Å²) in [6.07, 6.45) is 5.71. The number of hydrogen-bond donors (Lipinski definition) is 2. The van der Waals surface area contributed by atoms with Crippen LogP contribution >= 0.6 is 0 Å². The summed E-state index contributed by atoms with van der Waals surface area (Å²) in [4.78, 5) is 27.1. The fourth-order valence-corrected chi connectivity index (χ4v) is 4.40. The molecule has 0 saturated carbocycles. The van der Waals surface area contributed by atoms with E-state index in [-0.39, 0.29) is 18.4 Å². The van der Waals surface area contributed by atoms with E-state index in [1.54, 1.807) is 0 Å². The topological polar surface area (TPSA) is 64.7 Å². The molecular weight excluding hydrogens is 400 g/mol. The van der Waals surface area contributed by atoms with E-state index >= 15 is 0 Å². The Hall–Kier alpha value is -3.12. The summed E-state index contributed by atoms with van der Waals surface area (Å²) >= 11 is 0. The molecule has 2 aliphatic heterocycles. The van der Waals surface area contributed by atoms with Crippen LogP contribution in [0.2, 0.25) is 0 Å². The molecule has 0 aliphatic carbocycles. The molecule has 0 radical (unpaired) electrons. The van der Waals surface area contributed by atoms with E-state index in [9.17, 15) is 9.59 Å². The molecule has 0 aromatic heterocycles. The predicted molar refractivity (Wildman–Crippen MR) is 126 cm³/mol. The van der Waals surface area contributed by atoms with E-state index in [0.717, 1.165) is 43.2 Å². The Kier molecular flexibility index (Phi) is 7.56. The van der Waals surface area contributed by atoms with Crippen molar-refractivity contribution in [3.63, 3.8) is 0 Å². The van der Waals surface area contributed by atoms with E-state index in [2.05, 4.69) is 46.0 Å². The summed E-state index contributed by atoms with van der Waals surface area (Å²) in [5.74, 6) is 0.505. The van der Waals surface area contributed by atoms with Crippen LogP contribution in [-0.4, -0.2) is 54.4 Å². The van der Waals surface area contributed by atoms with Crippen LogP contribution in [-0.2, 0) is 16.0 Å². The minimum absolute atomic E-state index is 0.0160. The standard InChI is InChI=1S/C26H32N4O2/c31-25(20-30-26(32)12-11-24(28-30)23-9-5-2-6-10-23)27-15-18-29-16-13-22(14-17-29)19-21-7-3-1-4-8-21/h1-11,22,28H,12-20H2,(H,27,31). The number of carbonyl (C=O) groups is 2. The van der Waals surface area contributed by atoms with Gasteiger partial charge in [-0.2, -0.15) is 0 Å². The first-order valence-corrected chi connectivity index (χ1v) is 11.5. The lowest BCUT2D eigenvalue weighted by molar-refractivity contribution is -0.137. The summed E-state index contributed by atoms with van der Waals surface area (Å²) in [6.45, 7) is 3.61. The molecule has 4 rings (SSSR count). The third-order valence-corrected chi connectivity index (χ3v) is 6.25. The maximum atomic E-state index is 12.4. The Morgan fingerprint density at radius 2 is 1.69 bits per heavy atom. The third kappa shape index (κ3) is 6.20. The van der Waals surface area contributed by atoms with Crippen molar-refractivity contribution in [2.75, 3.05) is 32.7 Å². The first-order valence-electron chi connectivity index (χ1n) is 11.5. The van der Waals surface area contributed by atoms with Gasteiger partial charge in [0.1, 0.15) is 6.54 Å². The van der Waals surface area contributed by atoms with Gasteiger partial charge in [-0.3, -0.25) is 15.0 Å². The van der Waals surface area contributed by atoms with Gasteiger partial charge in [0.05, 0.1) is 5.70 Å². The van der Waals surface area contributed by atoms with E-state index in [0.29, 0.717) is 13.0 Å². The molecule has 0 spiro atoms. The second-order valence-electron chi connectivity index (χ2n) is 8.60. The predicted octanol–water partition coefficient (Wildman–Crippen LogP) is 2.84. The lowest BCUT2D eigenvalue weighted by Crippen LogP contribution is -2.50. The summed E-state index contributed by atoms with van der Waals surface area (Å²) in [6, 6.07) is 20.5. The molecular formula is C26H32N4O2. The number of hydrogen-bond acceptors (Lipinski definition) is 4. The van der Waals surface area contributed by atoms with Crippen LogP contribution in [0.4, 0.5) is 0 Å². The molecule has 1 fully saturated rings. The zero-order valence-corrected chi connectivity index (χ0v) is 18.5. The lowest BCUT2D eigenvalue weighted by atomic mass is 9.90. The quantitative estimate of drug-likeness (QED) is 0.673. The highest BCUT2D eigenvalue weighted by Crippen LogP contribution is 2.21. The van der Waals surface area contributed by atoms with Gasteiger partial charge < -0.3 is 10.2 Å². The Labute approximate surface area is 190 Å². The monoisotopic (exact) mass is 432 g/mol. The van der Waals surface area contributed by atoms with Crippen LogP contribution in [0.3, 0.4) is 0 Å². The molecule has 2 amide bonds. The lowest BCUT2D eigenvalue weighted by Gasteiger charge is -2.32. The zero-order valence-electron chi connectivity index (χ0n) is 18.5. The van der Waals surface area contributed by atoms with Crippen molar-refractivity contribution < 1.29 is 9.59 Å². The second-order valence-corrected chi connectivity index (χ2v) is 8.60. The second kappa shape index (κ2) is 11.0. The molecule has 0 unspecified atom stereocenters. The minimum atomic E-state index is -0.140. The molecule has 2 aliphatic rings. The molecule has 6 heteroatoms. The van der Waals surface area contributed by atoms with Gasteiger partial charge in [0.15, 0.2) is 0 Å². The third-order valence-electron chi connectivity index (χ3n) is 6.25. The van der Waals surface area contributed by atoms with Crippen LogP contribution in [0, 0.1) is 5.92 Å². The van der Waals surface area contributed by atoms with E-state index in [1.165, 1.54) is 23.4 Å². The van der Waals surface area contributed by atoms with Crippen LogP contribution in [0.25, 0.3) is 5.70 Å². The summed E-state index contributed by atoms with van der Waals surface area (Å²) in [5, 5.41) is 4.38. The Balaban J connectivity index is 1.15. The van der Waals surface area contributed by atoms with Gasteiger partial charge in [-0.25, -0.2) is 5.01 Å². The van der Waals surface area contributed by atoms with Gasteiger partial charge in [0.2, 0.25) is 11.8 Å². The highest BCUT2D eigenvalue weighted by molar-refractivity contribution is 5.88.